The molecule has 1 fully saturated rings. The van der Waals surface area contributed by atoms with Crippen LogP contribution in [0.5, 0.6) is 0 Å². The first-order valence-electron chi connectivity index (χ1n) is 7.70. The van der Waals surface area contributed by atoms with Crippen molar-refractivity contribution in [2.75, 3.05) is 6.54 Å². The maximum absolute atomic E-state index is 10.9. The lowest BCUT2D eigenvalue weighted by Crippen LogP contribution is -2.36. The van der Waals surface area contributed by atoms with Crippen LogP contribution in [-0.4, -0.2) is 23.7 Å². The third-order valence-electron chi connectivity index (χ3n) is 3.99. The highest BCUT2D eigenvalue weighted by Gasteiger charge is 2.26. The van der Waals surface area contributed by atoms with E-state index < -0.39 is 5.97 Å². The second-order valence-electron chi connectivity index (χ2n) is 5.62. The van der Waals surface area contributed by atoms with Gasteiger partial charge < -0.3 is 10.4 Å². The van der Waals surface area contributed by atoms with Crippen molar-refractivity contribution in [3.05, 3.63) is 0 Å². The lowest BCUT2D eigenvalue weighted by Gasteiger charge is -2.27. The first-order chi connectivity index (χ1) is 8.74. The Labute approximate surface area is 111 Å². The Morgan fingerprint density at radius 2 is 1.89 bits per heavy atom. The second-order valence-corrected chi connectivity index (χ2v) is 5.62. The van der Waals surface area contributed by atoms with Gasteiger partial charge in [0.15, 0.2) is 0 Å². The summed E-state index contributed by atoms with van der Waals surface area (Å²) in [5.41, 5.74) is 0. The molecule has 2 N–H and O–H groups in total. The summed E-state index contributed by atoms with van der Waals surface area (Å²) in [7, 11) is 0. The molecule has 2 atom stereocenters. The molecule has 1 aliphatic rings. The SMILES string of the molecule is CCCCCCCCNC1CCCC(C(=O)O)C1. The van der Waals surface area contributed by atoms with Crippen molar-refractivity contribution in [1.29, 1.82) is 0 Å². The highest BCUT2D eigenvalue weighted by molar-refractivity contribution is 5.70. The molecule has 0 aromatic carbocycles. The van der Waals surface area contributed by atoms with E-state index in [4.69, 9.17) is 5.11 Å². The van der Waals surface area contributed by atoms with Gasteiger partial charge in [-0.25, -0.2) is 0 Å². The number of nitrogens with one attached hydrogen (secondary N) is 1. The zero-order valence-electron chi connectivity index (χ0n) is 11.8. The molecule has 0 radical (unpaired) electrons. The Morgan fingerprint density at radius 1 is 1.17 bits per heavy atom. The fraction of sp³-hybridized carbons (Fsp3) is 0.933. The summed E-state index contributed by atoms with van der Waals surface area (Å²) in [6.45, 7) is 3.30. The lowest BCUT2D eigenvalue weighted by molar-refractivity contribution is -0.143. The molecule has 0 spiro atoms. The van der Waals surface area contributed by atoms with Crippen LogP contribution < -0.4 is 5.32 Å². The van der Waals surface area contributed by atoms with E-state index in [1.54, 1.807) is 0 Å². The third kappa shape index (κ3) is 6.39. The number of carboxylic acid groups (broad SMARTS) is 1. The van der Waals surface area contributed by atoms with Gasteiger partial charge in [0, 0.05) is 6.04 Å². The molecule has 0 saturated heterocycles. The number of carboxylic acids is 1. The second kappa shape index (κ2) is 9.37. The monoisotopic (exact) mass is 255 g/mol. The summed E-state index contributed by atoms with van der Waals surface area (Å²) >= 11 is 0. The molecule has 3 nitrogen and oxygen atoms in total. The first-order valence-corrected chi connectivity index (χ1v) is 7.70. The van der Waals surface area contributed by atoms with Crippen LogP contribution in [0.2, 0.25) is 0 Å². The number of carbonyl (C=O) groups is 1. The summed E-state index contributed by atoms with van der Waals surface area (Å²) in [6.07, 6.45) is 11.8. The third-order valence-corrected chi connectivity index (χ3v) is 3.99. The van der Waals surface area contributed by atoms with Gasteiger partial charge in [-0.3, -0.25) is 4.79 Å². The van der Waals surface area contributed by atoms with Crippen molar-refractivity contribution in [2.45, 2.75) is 77.2 Å². The maximum Gasteiger partial charge on any atom is 0.306 e. The van der Waals surface area contributed by atoms with Crippen LogP contribution in [0.15, 0.2) is 0 Å². The van der Waals surface area contributed by atoms with Gasteiger partial charge in [-0.05, 0) is 32.2 Å². The molecule has 2 unspecified atom stereocenters. The van der Waals surface area contributed by atoms with Gasteiger partial charge in [-0.15, -0.1) is 0 Å². The average Bonchev–Trinajstić information content (AvgIpc) is 2.38. The summed E-state index contributed by atoms with van der Waals surface area (Å²) in [4.78, 5) is 10.9. The minimum Gasteiger partial charge on any atom is -0.481 e. The van der Waals surface area contributed by atoms with Gasteiger partial charge in [0.2, 0.25) is 0 Å². The summed E-state index contributed by atoms with van der Waals surface area (Å²) < 4.78 is 0. The van der Waals surface area contributed by atoms with Gasteiger partial charge in [-0.2, -0.15) is 0 Å². The largest absolute Gasteiger partial charge is 0.481 e. The van der Waals surface area contributed by atoms with Gasteiger partial charge in [-0.1, -0.05) is 45.4 Å². The Balaban J connectivity index is 2.00. The molecule has 3 heteroatoms. The van der Waals surface area contributed by atoms with Gasteiger partial charge in [0.1, 0.15) is 0 Å². The Bertz CT molecular complexity index is 231. The van der Waals surface area contributed by atoms with Crippen molar-refractivity contribution in [2.24, 2.45) is 5.92 Å². The fourth-order valence-corrected chi connectivity index (χ4v) is 2.81. The van der Waals surface area contributed by atoms with Crippen LogP contribution in [0.1, 0.15) is 71.1 Å². The predicted octanol–water partition coefficient (Wildman–Crippen LogP) is 3.58. The van der Waals surface area contributed by atoms with E-state index in [0.717, 1.165) is 32.2 Å². The van der Waals surface area contributed by atoms with Crippen molar-refractivity contribution < 1.29 is 9.90 Å². The van der Waals surface area contributed by atoms with Crippen LogP contribution in [0, 0.1) is 5.92 Å². The molecule has 1 saturated carbocycles. The van der Waals surface area contributed by atoms with Crippen molar-refractivity contribution in [3.63, 3.8) is 0 Å². The fourth-order valence-electron chi connectivity index (χ4n) is 2.81. The number of aliphatic carboxylic acids is 1. The van der Waals surface area contributed by atoms with Crippen LogP contribution in [0.25, 0.3) is 0 Å². The molecule has 0 aliphatic heterocycles. The van der Waals surface area contributed by atoms with E-state index in [0.29, 0.717) is 6.04 Å². The van der Waals surface area contributed by atoms with Crippen LogP contribution >= 0.6 is 0 Å². The first kappa shape index (κ1) is 15.5. The molecule has 0 heterocycles. The number of hydrogen-bond donors (Lipinski definition) is 2. The standard InChI is InChI=1S/C15H29NO2/c1-2-3-4-5-6-7-11-16-14-10-8-9-13(12-14)15(17)18/h13-14,16H,2-12H2,1H3,(H,17,18). The highest BCUT2D eigenvalue weighted by Crippen LogP contribution is 2.24. The van der Waals surface area contributed by atoms with Crippen molar-refractivity contribution >= 4 is 5.97 Å². The molecule has 0 aromatic heterocycles. The Hall–Kier alpha value is -0.570. The lowest BCUT2D eigenvalue weighted by atomic mass is 9.86. The molecule has 0 aromatic rings. The van der Waals surface area contributed by atoms with E-state index in [1.165, 1.54) is 38.5 Å². The molecule has 1 rings (SSSR count). The molecule has 1 aliphatic carbocycles. The van der Waals surface area contributed by atoms with Crippen LogP contribution in [0.4, 0.5) is 0 Å². The van der Waals surface area contributed by atoms with Crippen molar-refractivity contribution in [1.82, 2.24) is 5.32 Å². The van der Waals surface area contributed by atoms with E-state index >= 15 is 0 Å². The molecule has 0 bridgehead atoms. The van der Waals surface area contributed by atoms with Crippen LogP contribution in [-0.2, 0) is 4.79 Å². The van der Waals surface area contributed by atoms with E-state index in [1.807, 2.05) is 0 Å². The molecule has 0 amide bonds. The van der Waals surface area contributed by atoms with Gasteiger partial charge in [0.05, 0.1) is 5.92 Å². The average molecular weight is 255 g/mol. The number of hydrogen-bond acceptors (Lipinski definition) is 2. The Morgan fingerprint density at radius 3 is 2.61 bits per heavy atom. The normalized spacial score (nSPS) is 24.1. The maximum atomic E-state index is 10.9. The summed E-state index contributed by atoms with van der Waals surface area (Å²) in [6, 6.07) is 0.440. The number of unbranched alkanes of at least 4 members (excludes halogenated alkanes) is 5. The van der Waals surface area contributed by atoms with Gasteiger partial charge >= 0.3 is 5.97 Å². The zero-order valence-corrected chi connectivity index (χ0v) is 11.8. The molecular weight excluding hydrogens is 226 g/mol. The van der Waals surface area contributed by atoms with Gasteiger partial charge in [0.25, 0.3) is 0 Å². The molecule has 106 valence electrons. The van der Waals surface area contributed by atoms with Crippen molar-refractivity contribution in [3.8, 4) is 0 Å². The van der Waals surface area contributed by atoms with E-state index in [9.17, 15) is 4.79 Å². The van der Waals surface area contributed by atoms with Crippen LogP contribution in [0.3, 0.4) is 0 Å². The Kier molecular flexibility index (Phi) is 8.06. The zero-order chi connectivity index (χ0) is 13.2. The number of rotatable bonds is 9. The highest BCUT2D eigenvalue weighted by atomic mass is 16.4. The topological polar surface area (TPSA) is 49.3 Å². The molecule has 18 heavy (non-hydrogen) atoms. The quantitative estimate of drug-likeness (QED) is 0.619. The van der Waals surface area contributed by atoms with E-state index in [-0.39, 0.29) is 5.92 Å². The minimum absolute atomic E-state index is 0.110. The molecular formula is C15H29NO2. The summed E-state index contributed by atoms with van der Waals surface area (Å²) in [5, 5.41) is 12.6. The minimum atomic E-state index is -0.610. The smallest absolute Gasteiger partial charge is 0.306 e. The van der Waals surface area contributed by atoms with E-state index in [2.05, 4.69) is 12.2 Å². The summed E-state index contributed by atoms with van der Waals surface area (Å²) in [5.74, 6) is -0.720. The predicted molar refractivity (Wildman–Crippen MR) is 74.8 cm³/mol.